The normalized spacial score (nSPS) is 12.4. The summed E-state index contributed by atoms with van der Waals surface area (Å²) in [4.78, 5) is 38.3. The maximum Gasteiger partial charge on any atom is 0.306 e. The van der Waals surface area contributed by atoms with E-state index in [4.69, 9.17) is 14.2 Å². The van der Waals surface area contributed by atoms with Crippen LogP contribution in [0.2, 0.25) is 0 Å². The summed E-state index contributed by atoms with van der Waals surface area (Å²) in [7, 11) is 0. The van der Waals surface area contributed by atoms with Crippen LogP contribution in [0.15, 0.2) is 60.8 Å². The van der Waals surface area contributed by atoms with E-state index in [2.05, 4.69) is 81.5 Å². The molecule has 0 amide bonds. The van der Waals surface area contributed by atoms with Crippen LogP contribution in [0.1, 0.15) is 335 Å². The van der Waals surface area contributed by atoms with Crippen LogP contribution in [0.4, 0.5) is 0 Å². The van der Waals surface area contributed by atoms with Gasteiger partial charge in [-0.1, -0.05) is 268 Å². The zero-order valence-corrected chi connectivity index (χ0v) is 49.4. The monoisotopic (exact) mass is 1030 g/mol. The van der Waals surface area contributed by atoms with Crippen LogP contribution < -0.4 is 0 Å². The van der Waals surface area contributed by atoms with Crippen molar-refractivity contribution in [3.05, 3.63) is 60.8 Å². The standard InChI is InChI=1S/C68H122O6/c1-4-7-10-13-16-19-22-25-28-30-32-33-34-35-36-38-40-43-46-49-52-55-58-61-67(70)73-64-65(63-72-66(69)60-57-54-51-48-45-42-39-27-24-21-18-15-12-9-6-3)74-68(71)62-59-56-53-50-47-44-41-37-31-29-26-23-20-17-14-11-8-5-2/h20,22-23,25,27,29-32,39,65H,4-19,21,24,26,28,33-38,40-64H2,1-3H3/b23-20-,25-22-,31-29-,32-30-,39-27-. The van der Waals surface area contributed by atoms with Crippen molar-refractivity contribution >= 4 is 17.9 Å². The highest BCUT2D eigenvalue weighted by molar-refractivity contribution is 5.71. The average molecular weight is 1040 g/mol. The van der Waals surface area contributed by atoms with Gasteiger partial charge in [-0.15, -0.1) is 0 Å². The molecule has 0 saturated heterocycles. The Bertz CT molecular complexity index is 1330. The van der Waals surface area contributed by atoms with Gasteiger partial charge in [0, 0.05) is 19.3 Å². The molecule has 0 N–H and O–H groups in total. The molecule has 0 aromatic rings. The fourth-order valence-electron chi connectivity index (χ4n) is 9.32. The number of allylic oxidation sites excluding steroid dienone is 10. The predicted octanol–water partition coefficient (Wildman–Crippen LogP) is 21.9. The van der Waals surface area contributed by atoms with Gasteiger partial charge in [-0.25, -0.2) is 0 Å². The zero-order chi connectivity index (χ0) is 53.6. The second-order valence-corrected chi connectivity index (χ2v) is 21.7. The molecule has 0 radical (unpaired) electrons. The summed E-state index contributed by atoms with van der Waals surface area (Å²) in [6.07, 6.45) is 79.3. The fraction of sp³-hybridized carbons (Fsp3) is 0.809. The Morgan fingerprint density at radius 3 is 0.770 bits per heavy atom. The highest BCUT2D eigenvalue weighted by atomic mass is 16.6. The van der Waals surface area contributed by atoms with E-state index in [1.54, 1.807) is 0 Å². The molecule has 0 aliphatic carbocycles. The van der Waals surface area contributed by atoms with E-state index in [9.17, 15) is 14.4 Å². The lowest BCUT2D eigenvalue weighted by atomic mass is 10.0. The van der Waals surface area contributed by atoms with Gasteiger partial charge in [0.05, 0.1) is 0 Å². The lowest BCUT2D eigenvalue weighted by Crippen LogP contribution is -2.30. The molecule has 0 heterocycles. The molecule has 0 fully saturated rings. The SMILES string of the molecule is CCCCCC/C=C\C/C=C\CCCCCCCCCC(=O)OC(COC(=O)CCCCCCC/C=C\CCCCCCCC)COC(=O)CCCCCCCCCCCCC/C=C\C/C=C\CCCCCCC. The molecular weight excluding hydrogens is 913 g/mol. The predicted molar refractivity (Wildman–Crippen MR) is 321 cm³/mol. The summed E-state index contributed by atoms with van der Waals surface area (Å²) in [5.41, 5.74) is 0. The number of carbonyl (C=O) groups excluding carboxylic acids is 3. The Kier molecular flexibility index (Phi) is 60.2. The average Bonchev–Trinajstić information content (AvgIpc) is 3.40. The van der Waals surface area contributed by atoms with Crippen LogP contribution >= 0.6 is 0 Å². The minimum atomic E-state index is -0.783. The third kappa shape index (κ3) is 60.0. The lowest BCUT2D eigenvalue weighted by Gasteiger charge is -2.18. The van der Waals surface area contributed by atoms with Gasteiger partial charge in [0.2, 0.25) is 0 Å². The molecule has 0 saturated carbocycles. The molecule has 0 aliphatic rings. The summed E-state index contributed by atoms with van der Waals surface area (Å²) in [5.74, 6) is -0.881. The number of ether oxygens (including phenoxy) is 3. The summed E-state index contributed by atoms with van der Waals surface area (Å²) >= 11 is 0. The molecule has 430 valence electrons. The van der Waals surface area contributed by atoms with Gasteiger partial charge in [0.1, 0.15) is 13.2 Å². The fourth-order valence-corrected chi connectivity index (χ4v) is 9.32. The minimum absolute atomic E-state index is 0.0794. The first-order chi connectivity index (χ1) is 36.5. The lowest BCUT2D eigenvalue weighted by molar-refractivity contribution is -0.167. The topological polar surface area (TPSA) is 78.9 Å². The second-order valence-electron chi connectivity index (χ2n) is 21.7. The first-order valence-electron chi connectivity index (χ1n) is 32.3. The van der Waals surface area contributed by atoms with Crippen LogP contribution in [0, 0.1) is 0 Å². The zero-order valence-electron chi connectivity index (χ0n) is 49.4. The van der Waals surface area contributed by atoms with Gasteiger partial charge in [-0.3, -0.25) is 14.4 Å². The maximum absolute atomic E-state index is 12.9. The van der Waals surface area contributed by atoms with Crippen molar-refractivity contribution in [2.75, 3.05) is 13.2 Å². The highest BCUT2D eigenvalue weighted by Crippen LogP contribution is 2.16. The molecule has 0 aromatic heterocycles. The van der Waals surface area contributed by atoms with Crippen LogP contribution in [0.25, 0.3) is 0 Å². The Morgan fingerprint density at radius 2 is 0.486 bits per heavy atom. The molecule has 0 aromatic carbocycles. The second kappa shape index (κ2) is 62.6. The number of hydrogen-bond acceptors (Lipinski definition) is 6. The Hall–Kier alpha value is -2.89. The highest BCUT2D eigenvalue weighted by Gasteiger charge is 2.19. The number of carbonyl (C=O) groups is 3. The maximum atomic E-state index is 12.9. The smallest absolute Gasteiger partial charge is 0.306 e. The third-order valence-electron chi connectivity index (χ3n) is 14.2. The largest absolute Gasteiger partial charge is 0.462 e. The molecular formula is C68H122O6. The van der Waals surface area contributed by atoms with Crippen molar-refractivity contribution < 1.29 is 28.6 Å². The molecule has 0 rings (SSSR count). The van der Waals surface area contributed by atoms with E-state index in [0.29, 0.717) is 19.3 Å². The molecule has 1 unspecified atom stereocenters. The summed E-state index contributed by atoms with van der Waals surface area (Å²) in [5, 5.41) is 0. The van der Waals surface area contributed by atoms with Gasteiger partial charge >= 0.3 is 17.9 Å². The summed E-state index contributed by atoms with van der Waals surface area (Å²) in [6.45, 7) is 6.63. The minimum Gasteiger partial charge on any atom is -0.462 e. The number of unbranched alkanes of at least 4 members (excludes halogenated alkanes) is 38. The Morgan fingerprint density at radius 1 is 0.270 bits per heavy atom. The third-order valence-corrected chi connectivity index (χ3v) is 14.2. The van der Waals surface area contributed by atoms with Crippen LogP contribution in [0.5, 0.6) is 0 Å². The van der Waals surface area contributed by atoms with E-state index >= 15 is 0 Å². The van der Waals surface area contributed by atoms with Gasteiger partial charge < -0.3 is 14.2 Å². The first kappa shape index (κ1) is 71.1. The van der Waals surface area contributed by atoms with Gasteiger partial charge in [-0.05, 0) is 109 Å². The van der Waals surface area contributed by atoms with Crippen molar-refractivity contribution in [2.24, 2.45) is 0 Å². The quantitative estimate of drug-likeness (QED) is 0.0261. The number of esters is 3. The molecule has 0 spiro atoms. The Labute approximate surface area is 460 Å². The van der Waals surface area contributed by atoms with Crippen LogP contribution in [-0.2, 0) is 28.6 Å². The van der Waals surface area contributed by atoms with Crippen molar-refractivity contribution in [3.8, 4) is 0 Å². The van der Waals surface area contributed by atoms with E-state index in [0.717, 1.165) is 83.5 Å². The number of hydrogen-bond donors (Lipinski definition) is 0. The molecule has 6 heteroatoms. The molecule has 6 nitrogen and oxygen atoms in total. The van der Waals surface area contributed by atoms with Crippen molar-refractivity contribution in [1.29, 1.82) is 0 Å². The van der Waals surface area contributed by atoms with Gasteiger partial charge in [0.15, 0.2) is 6.10 Å². The molecule has 1 atom stereocenters. The first-order valence-corrected chi connectivity index (χ1v) is 32.3. The summed E-state index contributed by atoms with van der Waals surface area (Å²) < 4.78 is 16.9. The Balaban J connectivity index is 4.34. The van der Waals surface area contributed by atoms with E-state index in [-0.39, 0.29) is 31.1 Å². The number of rotatable bonds is 59. The molecule has 74 heavy (non-hydrogen) atoms. The van der Waals surface area contributed by atoms with Crippen molar-refractivity contribution in [2.45, 2.75) is 341 Å². The van der Waals surface area contributed by atoms with E-state index < -0.39 is 6.10 Å². The van der Waals surface area contributed by atoms with Crippen molar-refractivity contribution in [3.63, 3.8) is 0 Å². The van der Waals surface area contributed by atoms with Crippen LogP contribution in [-0.4, -0.2) is 37.2 Å². The van der Waals surface area contributed by atoms with E-state index in [1.165, 1.54) is 212 Å². The summed E-state index contributed by atoms with van der Waals surface area (Å²) in [6, 6.07) is 0. The van der Waals surface area contributed by atoms with Gasteiger partial charge in [-0.2, -0.15) is 0 Å². The van der Waals surface area contributed by atoms with E-state index in [1.807, 2.05) is 0 Å². The molecule has 0 aliphatic heterocycles. The molecule has 0 bridgehead atoms. The van der Waals surface area contributed by atoms with Crippen LogP contribution in [0.3, 0.4) is 0 Å². The van der Waals surface area contributed by atoms with Gasteiger partial charge in [0.25, 0.3) is 0 Å². The van der Waals surface area contributed by atoms with Crippen molar-refractivity contribution in [1.82, 2.24) is 0 Å².